The highest BCUT2D eigenvalue weighted by atomic mass is 16.5. The Morgan fingerprint density at radius 2 is 1.81 bits per heavy atom. The van der Waals surface area contributed by atoms with E-state index in [0.717, 1.165) is 5.56 Å². The number of carbonyl (C=O) groups excluding carboxylic acids is 2. The van der Waals surface area contributed by atoms with Crippen LogP contribution in [0, 0.1) is 0 Å². The van der Waals surface area contributed by atoms with E-state index in [9.17, 15) is 9.59 Å². The van der Waals surface area contributed by atoms with Gasteiger partial charge in [0.15, 0.2) is 11.5 Å². The van der Waals surface area contributed by atoms with E-state index >= 15 is 0 Å². The lowest BCUT2D eigenvalue weighted by Gasteiger charge is -2.16. The fourth-order valence-corrected chi connectivity index (χ4v) is 2.81. The van der Waals surface area contributed by atoms with Gasteiger partial charge >= 0.3 is 6.03 Å². The monoisotopic (exact) mass is 366 g/mol. The Hall–Kier alpha value is -3.28. The molecule has 0 aliphatic carbocycles. The van der Waals surface area contributed by atoms with Crippen LogP contribution >= 0.6 is 0 Å². The summed E-state index contributed by atoms with van der Waals surface area (Å²) in [5, 5.41) is 2.64. The van der Waals surface area contributed by atoms with Gasteiger partial charge in [-0.15, -0.1) is 0 Å². The Morgan fingerprint density at radius 1 is 1.07 bits per heavy atom. The zero-order valence-corrected chi connectivity index (χ0v) is 15.6. The number of urea groups is 1. The average molecular weight is 366 g/mol. The molecule has 2 aromatic rings. The van der Waals surface area contributed by atoms with Crippen molar-refractivity contribution in [2.24, 2.45) is 0 Å². The molecule has 3 rings (SSSR count). The molecule has 2 aromatic carbocycles. The summed E-state index contributed by atoms with van der Waals surface area (Å²) in [5.74, 6) is 0.726. The molecule has 0 atom stereocenters. The van der Waals surface area contributed by atoms with Gasteiger partial charge in [-0.1, -0.05) is 42.5 Å². The molecule has 1 fully saturated rings. The second-order valence-corrected chi connectivity index (χ2v) is 6.41. The molecule has 140 valence electrons. The fourth-order valence-electron chi connectivity index (χ4n) is 2.81. The molecule has 1 aliphatic rings. The molecule has 0 saturated carbocycles. The summed E-state index contributed by atoms with van der Waals surface area (Å²) in [5.41, 5.74) is 1.75. The molecule has 0 aromatic heterocycles. The molecule has 1 aliphatic heterocycles. The van der Waals surface area contributed by atoms with Crippen molar-refractivity contribution in [3.8, 4) is 11.5 Å². The van der Waals surface area contributed by atoms with Gasteiger partial charge in [0.1, 0.15) is 5.70 Å². The maximum atomic E-state index is 12.7. The van der Waals surface area contributed by atoms with Gasteiger partial charge in [0.05, 0.1) is 19.8 Å². The number of hydrogen-bond donors (Lipinski definition) is 1. The third kappa shape index (κ3) is 4.11. The van der Waals surface area contributed by atoms with Crippen molar-refractivity contribution in [1.82, 2.24) is 10.2 Å². The first-order valence-electron chi connectivity index (χ1n) is 8.71. The van der Waals surface area contributed by atoms with Crippen LogP contribution in [0.1, 0.15) is 25.0 Å². The number of hydrogen-bond acceptors (Lipinski definition) is 4. The van der Waals surface area contributed by atoms with Crippen LogP contribution in [-0.2, 0) is 11.3 Å². The van der Waals surface area contributed by atoms with Gasteiger partial charge in [-0.05, 0) is 31.6 Å². The summed E-state index contributed by atoms with van der Waals surface area (Å²) >= 11 is 0. The molecule has 3 amide bonds. The van der Waals surface area contributed by atoms with Crippen LogP contribution < -0.4 is 14.8 Å². The highest BCUT2D eigenvalue weighted by molar-refractivity contribution is 6.14. The predicted octanol–water partition coefficient (Wildman–Crippen LogP) is 3.58. The van der Waals surface area contributed by atoms with E-state index in [-0.39, 0.29) is 24.3 Å². The smallest absolute Gasteiger partial charge is 0.329 e. The van der Waals surface area contributed by atoms with Crippen LogP contribution in [0.4, 0.5) is 4.79 Å². The second-order valence-electron chi connectivity index (χ2n) is 6.41. The Kier molecular flexibility index (Phi) is 5.45. The second kappa shape index (κ2) is 7.95. The zero-order valence-electron chi connectivity index (χ0n) is 15.6. The molecule has 1 heterocycles. The van der Waals surface area contributed by atoms with Gasteiger partial charge in [0.2, 0.25) is 0 Å². The van der Waals surface area contributed by atoms with E-state index in [0.29, 0.717) is 17.1 Å². The number of para-hydroxylation sites is 1. The van der Waals surface area contributed by atoms with E-state index in [2.05, 4.69) is 5.32 Å². The Bertz CT molecular complexity index is 875. The summed E-state index contributed by atoms with van der Waals surface area (Å²) in [6.45, 7) is 4.04. The van der Waals surface area contributed by atoms with Crippen LogP contribution in [0.3, 0.4) is 0 Å². The lowest BCUT2D eigenvalue weighted by atomic mass is 10.1. The summed E-state index contributed by atoms with van der Waals surface area (Å²) in [4.78, 5) is 26.2. The summed E-state index contributed by atoms with van der Waals surface area (Å²) < 4.78 is 11.2. The van der Waals surface area contributed by atoms with Crippen molar-refractivity contribution in [3.05, 3.63) is 65.4 Å². The van der Waals surface area contributed by atoms with Crippen LogP contribution in [0.15, 0.2) is 54.2 Å². The van der Waals surface area contributed by atoms with E-state index in [4.69, 9.17) is 9.47 Å². The van der Waals surface area contributed by atoms with Crippen molar-refractivity contribution < 1.29 is 19.1 Å². The number of nitrogens with zero attached hydrogens (tertiary/aromatic N) is 1. The molecule has 6 heteroatoms. The molecule has 0 unspecified atom stereocenters. The predicted molar refractivity (Wildman–Crippen MR) is 102 cm³/mol. The number of nitrogens with one attached hydrogen (secondary N) is 1. The SMILES string of the molecule is COc1cccc(/C=C2/NC(=O)N(Cc3ccccc3)C2=O)c1OC(C)C. The first-order valence-corrected chi connectivity index (χ1v) is 8.71. The number of ether oxygens (including phenoxy) is 2. The van der Waals surface area contributed by atoms with E-state index in [1.165, 1.54) is 4.90 Å². The lowest BCUT2D eigenvalue weighted by molar-refractivity contribution is -0.123. The number of carbonyl (C=O) groups is 2. The molecule has 6 nitrogen and oxygen atoms in total. The standard InChI is InChI=1S/C21H22N2O4/c1-14(2)27-19-16(10-7-11-18(19)26-3)12-17-20(24)23(21(25)22-17)13-15-8-5-4-6-9-15/h4-12,14H,13H2,1-3H3,(H,22,25)/b17-12+. The molecule has 0 spiro atoms. The normalized spacial score (nSPS) is 15.4. The van der Waals surface area contributed by atoms with Crippen molar-refractivity contribution in [2.45, 2.75) is 26.5 Å². The molecule has 27 heavy (non-hydrogen) atoms. The first-order chi connectivity index (χ1) is 13.0. The van der Waals surface area contributed by atoms with E-state index in [1.54, 1.807) is 25.3 Å². The minimum absolute atomic E-state index is 0.0677. The Labute approximate surface area is 158 Å². The maximum absolute atomic E-state index is 12.7. The first kappa shape index (κ1) is 18.5. The van der Waals surface area contributed by atoms with Crippen molar-refractivity contribution in [2.75, 3.05) is 7.11 Å². The van der Waals surface area contributed by atoms with Crippen LogP contribution in [-0.4, -0.2) is 30.1 Å². The molecular formula is C21H22N2O4. The minimum atomic E-state index is -0.440. The molecular weight excluding hydrogens is 344 g/mol. The van der Waals surface area contributed by atoms with Gasteiger partial charge < -0.3 is 14.8 Å². The van der Waals surface area contributed by atoms with Crippen LogP contribution in [0.5, 0.6) is 11.5 Å². The Morgan fingerprint density at radius 3 is 2.48 bits per heavy atom. The number of amides is 3. The fraction of sp³-hybridized carbons (Fsp3) is 0.238. The van der Waals surface area contributed by atoms with Gasteiger partial charge in [0, 0.05) is 5.56 Å². The molecule has 1 saturated heterocycles. The maximum Gasteiger partial charge on any atom is 0.329 e. The minimum Gasteiger partial charge on any atom is -0.493 e. The van der Waals surface area contributed by atoms with Gasteiger partial charge in [-0.3, -0.25) is 9.69 Å². The van der Waals surface area contributed by atoms with Crippen LogP contribution in [0.25, 0.3) is 6.08 Å². The summed E-state index contributed by atoms with van der Waals surface area (Å²) in [6.07, 6.45) is 1.55. The summed E-state index contributed by atoms with van der Waals surface area (Å²) in [6, 6.07) is 14.3. The van der Waals surface area contributed by atoms with Crippen molar-refractivity contribution in [1.29, 1.82) is 0 Å². The topological polar surface area (TPSA) is 67.9 Å². The van der Waals surface area contributed by atoms with Crippen molar-refractivity contribution in [3.63, 3.8) is 0 Å². The zero-order chi connectivity index (χ0) is 19.4. The molecule has 0 bridgehead atoms. The third-order valence-corrected chi connectivity index (χ3v) is 4.03. The largest absolute Gasteiger partial charge is 0.493 e. The highest BCUT2D eigenvalue weighted by Gasteiger charge is 2.33. The van der Waals surface area contributed by atoms with Crippen molar-refractivity contribution >= 4 is 18.0 Å². The number of imide groups is 1. The average Bonchev–Trinajstić information content (AvgIpc) is 2.91. The lowest BCUT2D eigenvalue weighted by Crippen LogP contribution is -2.30. The van der Waals surface area contributed by atoms with Gasteiger partial charge in [-0.2, -0.15) is 0 Å². The molecule has 0 radical (unpaired) electrons. The quantitative estimate of drug-likeness (QED) is 0.627. The number of methoxy groups -OCH3 is 1. The number of rotatable bonds is 6. The third-order valence-electron chi connectivity index (χ3n) is 4.03. The Balaban J connectivity index is 1.90. The summed E-state index contributed by atoms with van der Waals surface area (Å²) in [7, 11) is 1.56. The van der Waals surface area contributed by atoms with Crippen LogP contribution in [0.2, 0.25) is 0 Å². The number of benzene rings is 2. The highest BCUT2D eigenvalue weighted by Crippen LogP contribution is 2.33. The van der Waals surface area contributed by atoms with Gasteiger partial charge in [0.25, 0.3) is 5.91 Å². The van der Waals surface area contributed by atoms with E-state index < -0.39 is 6.03 Å². The van der Waals surface area contributed by atoms with E-state index in [1.807, 2.05) is 50.2 Å². The molecule has 1 N–H and O–H groups in total. The van der Waals surface area contributed by atoms with Gasteiger partial charge in [-0.25, -0.2) is 4.79 Å².